The molecule has 1 unspecified atom stereocenters. The molecule has 0 saturated heterocycles. The van der Waals surface area contributed by atoms with Gasteiger partial charge in [-0.2, -0.15) is 0 Å². The van der Waals surface area contributed by atoms with Crippen molar-refractivity contribution in [1.82, 2.24) is 15.0 Å². The number of hydrogen-bond donors (Lipinski definition) is 2. The predicted octanol–water partition coefficient (Wildman–Crippen LogP) is 2.11. The molecule has 94 valence electrons. The number of nitrogens with zero attached hydrogens (tertiary/aromatic N) is 3. The highest BCUT2D eigenvalue weighted by atomic mass is 32.1. The molecular weight excluding hydrogens is 252 g/mol. The van der Waals surface area contributed by atoms with Crippen molar-refractivity contribution in [3.05, 3.63) is 34.0 Å². The first kappa shape index (κ1) is 12.4. The number of nitrogens with one attached hydrogen (secondary N) is 1. The van der Waals surface area contributed by atoms with Crippen molar-refractivity contribution < 1.29 is 9.90 Å². The van der Waals surface area contributed by atoms with E-state index in [0.29, 0.717) is 0 Å². The highest BCUT2D eigenvalue weighted by molar-refractivity contribution is 7.11. The number of anilines is 1. The Balaban J connectivity index is 2.14. The minimum Gasteiger partial charge on any atom is -0.477 e. The number of aromatic carboxylic acids is 1. The fraction of sp³-hybridized carbons (Fsp3) is 0.273. The van der Waals surface area contributed by atoms with Crippen LogP contribution in [0.2, 0.25) is 0 Å². The number of thiazole rings is 1. The highest BCUT2D eigenvalue weighted by Gasteiger charge is 2.12. The second-order valence-electron chi connectivity index (χ2n) is 3.75. The lowest BCUT2D eigenvalue weighted by Crippen LogP contribution is -2.11. The summed E-state index contributed by atoms with van der Waals surface area (Å²) in [5, 5.41) is 12.8. The molecule has 0 fully saturated rings. The summed E-state index contributed by atoms with van der Waals surface area (Å²) in [5.74, 6) is -0.784. The van der Waals surface area contributed by atoms with Gasteiger partial charge >= 0.3 is 5.97 Å². The summed E-state index contributed by atoms with van der Waals surface area (Å²) in [7, 11) is 0. The van der Waals surface area contributed by atoms with Crippen LogP contribution in [0.3, 0.4) is 0 Å². The van der Waals surface area contributed by atoms with Gasteiger partial charge in [0.05, 0.1) is 6.04 Å². The molecule has 2 heterocycles. The van der Waals surface area contributed by atoms with Crippen LogP contribution >= 0.6 is 11.3 Å². The van der Waals surface area contributed by atoms with Crippen LogP contribution in [0.15, 0.2) is 18.5 Å². The van der Waals surface area contributed by atoms with Crippen LogP contribution in [-0.2, 0) is 0 Å². The molecule has 0 bridgehead atoms. The number of carbonyl (C=O) groups is 1. The Kier molecular flexibility index (Phi) is 3.52. The fourth-order valence-corrected chi connectivity index (χ4v) is 2.15. The predicted molar refractivity (Wildman–Crippen MR) is 67.9 cm³/mol. The van der Waals surface area contributed by atoms with Gasteiger partial charge < -0.3 is 10.4 Å². The SMILES string of the molecule is Cc1cnc(C(C)Nc2nccc(C(=O)O)n2)s1. The van der Waals surface area contributed by atoms with Crippen LogP contribution in [0.25, 0.3) is 0 Å². The van der Waals surface area contributed by atoms with Gasteiger partial charge in [-0.05, 0) is 19.9 Å². The summed E-state index contributed by atoms with van der Waals surface area (Å²) in [4.78, 5) is 24.0. The third-order valence-corrected chi connectivity index (χ3v) is 3.33. The van der Waals surface area contributed by atoms with Crippen molar-refractivity contribution in [1.29, 1.82) is 0 Å². The molecule has 0 amide bonds. The maximum absolute atomic E-state index is 10.8. The van der Waals surface area contributed by atoms with Crippen molar-refractivity contribution >= 4 is 23.3 Å². The van der Waals surface area contributed by atoms with Crippen LogP contribution < -0.4 is 5.32 Å². The zero-order valence-corrected chi connectivity index (χ0v) is 10.7. The molecule has 0 saturated carbocycles. The third kappa shape index (κ3) is 2.80. The molecule has 7 heteroatoms. The normalized spacial score (nSPS) is 12.1. The van der Waals surface area contributed by atoms with E-state index < -0.39 is 5.97 Å². The number of carboxylic acid groups (broad SMARTS) is 1. The molecule has 0 aliphatic rings. The molecule has 0 spiro atoms. The van der Waals surface area contributed by atoms with Crippen LogP contribution in [0, 0.1) is 6.92 Å². The summed E-state index contributed by atoms with van der Waals surface area (Å²) in [6.45, 7) is 3.91. The van der Waals surface area contributed by atoms with Gasteiger partial charge in [-0.1, -0.05) is 0 Å². The number of aryl methyl sites for hydroxylation is 1. The second-order valence-corrected chi connectivity index (χ2v) is 5.01. The van der Waals surface area contributed by atoms with E-state index in [9.17, 15) is 4.79 Å². The van der Waals surface area contributed by atoms with Crippen molar-refractivity contribution in [3.8, 4) is 0 Å². The molecule has 2 aromatic rings. The first-order chi connectivity index (χ1) is 8.56. The minimum atomic E-state index is -1.07. The largest absolute Gasteiger partial charge is 0.477 e. The first-order valence-corrected chi connectivity index (χ1v) is 6.13. The van der Waals surface area contributed by atoms with Gasteiger partial charge in [-0.15, -0.1) is 11.3 Å². The molecule has 0 aliphatic carbocycles. The summed E-state index contributed by atoms with van der Waals surface area (Å²) in [6.07, 6.45) is 3.21. The minimum absolute atomic E-state index is 0.0324. The van der Waals surface area contributed by atoms with E-state index in [0.717, 1.165) is 9.88 Å². The summed E-state index contributed by atoms with van der Waals surface area (Å²) < 4.78 is 0. The molecule has 0 radical (unpaired) electrons. The molecule has 0 aromatic carbocycles. The van der Waals surface area contributed by atoms with Crippen LogP contribution in [-0.4, -0.2) is 26.0 Å². The molecule has 18 heavy (non-hydrogen) atoms. The van der Waals surface area contributed by atoms with Gasteiger partial charge in [-0.25, -0.2) is 19.7 Å². The molecule has 0 aliphatic heterocycles. The Morgan fingerprint density at radius 2 is 2.28 bits per heavy atom. The van der Waals surface area contributed by atoms with E-state index in [1.807, 2.05) is 13.8 Å². The lowest BCUT2D eigenvalue weighted by molar-refractivity contribution is 0.0690. The molecule has 2 rings (SSSR count). The van der Waals surface area contributed by atoms with E-state index in [1.165, 1.54) is 12.3 Å². The number of rotatable bonds is 4. The van der Waals surface area contributed by atoms with Gasteiger partial charge in [0.1, 0.15) is 5.01 Å². The van der Waals surface area contributed by atoms with E-state index in [-0.39, 0.29) is 17.7 Å². The molecule has 1 atom stereocenters. The first-order valence-electron chi connectivity index (χ1n) is 5.31. The van der Waals surface area contributed by atoms with Crippen molar-refractivity contribution in [2.45, 2.75) is 19.9 Å². The number of aromatic nitrogens is 3. The van der Waals surface area contributed by atoms with Crippen molar-refractivity contribution in [3.63, 3.8) is 0 Å². The van der Waals surface area contributed by atoms with Crippen molar-refractivity contribution in [2.75, 3.05) is 5.32 Å². The van der Waals surface area contributed by atoms with Gasteiger partial charge in [0.2, 0.25) is 5.95 Å². The number of carboxylic acids is 1. The lowest BCUT2D eigenvalue weighted by Gasteiger charge is -2.10. The summed E-state index contributed by atoms with van der Waals surface area (Å²) >= 11 is 1.58. The van der Waals surface area contributed by atoms with Crippen LogP contribution in [0.5, 0.6) is 0 Å². The molecule has 2 aromatic heterocycles. The van der Waals surface area contributed by atoms with Gasteiger partial charge in [-0.3, -0.25) is 0 Å². The van der Waals surface area contributed by atoms with E-state index >= 15 is 0 Å². The zero-order chi connectivity index (χ0) is 13.1. The average molecular weight is 264 g/mol. The van der Waals surface area contributed by atoms with E-state index in [4.69, 9.17) is 5.11 Å². The van der Waals surface area contributed by atoms with Gasteiger partial charge in [0.15, 0.2) is 5.69 Å². The Labute approximate surface area is 108 Å². The maximum atomic E-state index is 10.8. The zero-order valence-electron chi connectivity index (χ0n) is 9.91. The highest BCUT2D eigenvalue weighted by Crippen LogP contribution is 2.21. The van der Waals surface area contributed by atoms with Gasteiger partial charge in [0, 0.05) is 17.3 Å². The molecule has 2 N–H and O–H groups in total. The monoisotopic (exact) mass is 264 g/mol. The van der Waals surface area contributed by atoms with E-state index in [1.54, 1.807) is 17.5 Å². The summed E-state index contributed by atoms with van der Waals surface area (Å²) in [5.41, 5.74) is -0.0324. The van der Waals surface area contributed by atoms with Crippen molar-refractivity contribution in [2.24, 2.45) is 0 Å². The topological polar surface area (TPSA) is 88.0 Å². The van der Waals surface area contributed by atoms with E-state index in [2.05, 4.69) is 20.3 Å². The van der Waals surface area contributed by atoms with Crippen LogP contribution in [0.1, 0.15) is 33.3 Å². The molecule has 6 nitrogen and oxygen atoms in total. The summed E-state index contributed by atoms with van der Waals surface area (Å²) in [6, 6.07) is 1.29. The number of hydrogen-bond acceptors (Lipinski definition) is 6. The average Bonchev–Trinajstić information content (AvgIpc) is 2.76. The maximum Gasteiger partial charge on any atom is 0.354 e. The molecular formula is C11H12N4O2S. The van der Waals surface area contributed by atoms with Crippen LogP contribution in [0.4, 0.5) is 5.95 Å². The Bertz CT molecular complexity index is 570. The second kappa shape index (κ2) is 5.09. The Morgan fingerprint density at radius 1 is 1.50 bits per heavy atom. The third-order valence-electron chi connectivity index (χ3n) is 2.23. The Hall–Kier alpha value is -2.02. The lowest BCUT2D eigenvalue weighted by atomic mass is 10.3. The smallest absolute Gasteiger partial charge is 0.354 e. The fourth-order valence-electron chi connectivity index (χ4n) is 1.38. The Morgan fingerprint density at radius 3 is 2.89 bits per heavy atom. The van der Waals surface area contributed by atoms with Gasteiger partial charge in [0.25, 0.3) is 0 Å². The standard InChI is InChI=1S/C11H12N4O2S/c1-6-5-13-9(18-6)7(2)14-11-12-4-3-8(15-11)10(16)17/h3-5,7H,1-2H3,(H,16,17)(H,12,14,15). The quantitative estimate of drug-likeness (QED) is 0.879.